The Hall–Kier alpha value is -2.77. The van der Waals surface area contributed by atoms with E-state index in [0.29, 0.717) is 17.4 Å². The number of H-pyrrole nitrogens is 1. The summed E-state index contributed by atoms with van der Waals surface area (Å²) in [7, 11) is 0. The van der Waals surface area contributed by atoms with E-state index in [4.69, 9.17) is 4.74 Å². The van der Waals surface area contributed by atoms with Crippen molar-refractivity contribution in [1.29, 1.82) is 0 Å². The van der Waals surface area contributed by atoms with Crippen LogP contribution in [0.1, 0.15) is 33.4 Å². The SMILES string of the molecule is CC(C)Cc1[nH]nc2nc(Oc3ccc(F)cc3F)nc(NC(C)C)c12. The van der Waals surface area contributed by atoms with Crippen molar-refractivity contribution in [3.63, 3.8) is 0 Å². The Bertz CT molecular complexity index is 923. The number of benzene rings is 1. The van der Waals surface area contributed by atoms with Gasteiger partial charge in [0.15, 0.2) is 17.2 Å². The standard InChI is InChI=1S/C18H21F2N5O/c1-9(2)7-13-15-16(21-10(3)4)22-18(23-17(15)25-24-13)26-14-6-5-11(19)8-12(14)20/h5-6,8-10H,7H2,1-4H3,(H2,21,22,23,24,25). The van der Waals surface area contributed by atoms with Gasteiger partial charge in [0.2, 0.25) is 0 Å². The molecule has 138 valence electrons. The summed E-state index contributed by atoms with van der Waals surface area (Å²) in [4.78, 5) is 8.63. The number of hydrogen-bond donors (Lipinski definition) is 2. The van der Waals surface area contributed by atoms with E-state index >= 15 is 0 Å². The number of ether oxygens (including phenoxy) is 1. The van der Waals surface area contributed by atoms with E-state index in [1.807, 2.05) is 13.8 Å². The van der Waals surface area contributed by atoms with Crippen LogP contribution in [0, 0.1) is 17.6 Å². The fourth-order valence-electron chi connectivity index (χ4n) is 2.60. The summed E-state index contributed by atoms with van der Waals surface area (Å²) in [6.07, 6.45) is 0.791. The highest BCUT2D eigenvalue weighted by Gasteiger charge is 2.18. The van der Waals surface area contributed by atoms with Crippen LogP contribution in [0.15, 0.2) is 18.2 Å². The fourth-order valence-corrected chi connectivity index (χ4v) is 2.60. The number of aromatic amines is 1. The number of rotatable bonds is 6. The summed E-state index contributed by atoms with van der Waals surface area (Å²) in [6.45, 7) is 8.18. The maximum Gasteiger partial charge on any atom is 0.326 e. The highest BCUT2D eigenvalue weighted by atomic mass is 19.1. The van der Waals surface area contributed by atoms with Gasteiger partial charge in [-0.15, -0.1) is 0 Å². The molecule has 0 saturated heterocycles. The lowest BCUT2D eigenvalue weighted by atomic mass is 10.1. The van der Waals surface area contributed by atoms with Gasteiger partial charge in [0.05, 0.1) is 5.39 Å². The van der Waals surface area contributed by atoms with Crippen molar-refractivity contribution in [2.24, 2.45) is 5.92 Å². The molecule has 3 aromatic rings. The average molecular weight is 361 g/mol. The number of hydrogen-bond acceptors (Lipinski definition) is 5. The number of nitrogens with one attached hydrogen (secondary N) is 2. The number of nitrogens with zero attached hydrogens (tertiary/aromatic N) is 3. The van der Waals surface area contributed by atoms with Gasteiger partial charge in [0, 0.05) is 17.8 Å². The summed E-state index contributed by atoms with van der Waals surface area (Å²) in [5, 5.41) is 11.3. The van der Waals surface area contributed by atoms with E-state index in [1.165, 1.54) is 6.07 Å². The van der Waals surface area contributed by atoms with Crippen LogP contribution in [0.4, 0.5) is 14.6 Å². The molecule has 0 aliphatic heterocycles. The second-order valence-corrected chi connectivity index (χ2v) is 6.83. The van der Waals surface area contributed by atoms with E-state index in [0.717, 1.165) is 29.6 Å². The van der Waals surface area contributed by atoms with Crippen LogP contribution in [0.2, 0.25) is 0 Å². The quantitative estimate of drug-likeness (QED) is 0.679. The molecule has 2 N–H and O–H groups in total. The Labute approximate surface area is 150 Å². The van der Waals surface area contributed by atoms with Crippen molar-refractivity contribution >= 4 is 16.9 Å². The predicted molar refractivity (Wildman–Crippen MR) is 95.4 cm³/mol. The number of fused-ring (bicyclic) bond motifs is 1. The van der Waals surface area contributed by atoms with E-state index in [9.17, 15) is 8.78 Å². The van der Waals surface area contributed by atoms with Gasteiger partial charge in [-0.2, -0.15) is 15.1 Å². The lowest BCUT2D eigenvalue weighted by Gasteiger charge is -2.13. The highest BCUT2D eigenvalue weighted by Crippen LogP contribution is 2.29. The van der Waals surface area contributed by atoms with Crippen molar-refractivity contribution < 1.29 is 13.5 Å². The van der Waals surface area contributed by atoms with Gasteiger partial charge in [0.25, 0.3) is 0 Å². The summed E-state index contributed by atoms with van der Waals surface area (Å²) in [6, 6.07) is 3.11. The molecule has 0 atom stereocenters. The van der Waals surface area contributed by atoms with Crippen LogP contribution in [-0.2, 0) is 6.42 Å². The molecule has 0 saturated carbocycles. The maximum absolute atomic E-state index is 13.9. The Balaban J connectivity index is 2.04. The zero-order valence-electron chi connectivity index (χ0n) is 15.1. The molecule has 0 amide bonds. The second-order valence-electron chi connectivity index (χ2n) is 6.83. The minimum Gasteiger partial charge on any atom is -0.421 e. The van der Waals surface area contributed by atoms with Gasteiger partial charge in [-0.25, -0.2) is 8.78 Å². The first-order valence-electron chi connectivity index (χ1n) is 8.48. The van der Waals surface area contributed by atoms with Crippen LogP contribution in [-0.4, -0.2) is 26.2 Å². The Morgan fingerprint density at radius 1 is 1.15 bits per heavy atom. The summed E-state index contributed by atoms with van der Waals surface area (Å²) < 4.78 is 32.3. The fraction of sp³-hybridized carbons (Fsp3) is 0.389. The molecule has 8 heteroatoms. The molecule has 2 heterocycles. The van der Waals surface area contributed by atoms with Crippen molar-refractivity contribution in [2.45, 2.75) is 40.2 Å². The van der Waals surface area contributed by atoms with E-state index in [2.05, 4.69) is 39.3 Å². The summed E-state index contributed by atoms with van der Waals surface area (Å²) in [5.74, 6) is -0.672. The normalized spacial score (nSPS) is 11.5. The largest absolute Gasteiger partial charge is 0.421 e. The zero-order chi connectivity index (χ0) is 18.8. The Morgan fingerprint density at radius 2 is 1.92 bits per heavy atom. The number of aromatic nitrogens is 4. The molecule has 0 aliphatic carbocycles. The summed E-state index contributed by atoms with van der Waals surface area (Å²) in [5.41, 5.74) is 1.36. The van der Waals surface area contributed by atoms with E-state index in [-0.39, 0.29) is 17.8 Å². The van der Waals surface area contributed by atoms with Crippen LogP contribution in [0.3, 0.4) is 0 Å². The molecule has 0 spiro atoms. The summed E-state index contributed by atoms with van der Waals surface area (Å²) >= 11 is 0. The molecular formula is C18H21F2N5O. The number of halogens is 2. The smallest absolute Gasteiger partial charge is 0.326 e. The van der Waals surface area contributed by atoms with Gasteiger partial charge in [0.1, 0.15) is 11.6 Å². The monoisotopic (exact) mass is 361 g/mol. The third kappa shape index (κ3) is 3.89. The third-order valence-corrected chi connectivity index (χ3v) is 3.60. The van der Waals surface area contributed by atoms with Crippen molar-refractivity contribution in [1.82, 2.24) is 20.2 Å². The first-order valence-corrected chi connectivity index (χ1v) is 8.48. The molecule has 2 aromatic heterocycles. The Morgan fingerprint density at radius 3 is 2.58 bits per heavy atom. The van der Waals surface area contributed by atoms with Crippen molar-refractivity contribution in [3.8, 4) is 11.8 Å². The van der Waals surface area contributed by atoms with Gasteiger partial charge in [-0.3, -0.25) is 5.10 Å². The zero-order valence-corrected chi connectivity index (χ0v) is 15.1. The first-order chi connectivity index (χ1) is 12.3. The van der Waals surface area contributed by atoms with Crippen molar-refractivity contribution in [2.75, 3.05) is 5.32 Å². The number of anilines is 1. The van der Waals surface area contributed by atoms with E-state index < -0.39 is 11.6 Å². The molecule has 0 radical (unpaired) electrons. The van der Waals surface area contributed by atoms with Crippen LogP contribution < -0.4 is 10.1 Å². The maximum atomic E-state index is 13.9. The molecule has 0 bridgehead atoms. The predicted octanol–water partition coefficient (Wildman–Crippen LogP) is 4.44. The molecule has 0 aliphatic rings. The van der Waals surface area contributed by atoms with Crippen molar-refractivity contribution in [3.05, 3.63) is 35.5 Å². The van der Waals surface area contributed by atoms with Crippen LogP contribution in [0.5, 0.6) is 11.8 Å². The average Bonchev–Trinajstić information content (AvgIpc) is 2.92. The molecule has 6 nitrogen and oxygen atoms in total. The first kappa shape index (κ1) is 18.0. The lowest BCUT2D eigenvalue weighted by molar-refractivity contribution is 0.410. The highest BCUT2D eigenvalue weighted by molar-refractivity contribution is 5.89. The van der Waals surface area contributed by atoms with Gasteiger partial charge < -0.3 is 10.1 Å². The van der Waals surface area contributed by atoms with Crippen LogP contribution in [0.25, 0.3) is 11.0 Å². The third-order valence-electron chi connectivity index (χ3n) is 3.60. The van der Waals surface area contributed by atoms with Gasteiger partial charge >= 0.3 is 6.01 Å². The Kier molecular flexibility index (Phi) is 5.01. The second kappa shape index (κ2) is 7.23. The lowest BCUT2D eigenvalue weighted by Crippen LogP contribution is -2.12. The topological polar surface area (TPSA) is 75.7 Å². The molecule has 26 heavy (non-hydrogen) atoms. The van der Waals surface area contributed by atoms with Crippen LogP contribution >= 0.6 is 0 Å². The van der Waals surface area contributed by atoms with E-state index in [1.54, 1.807) is 0 Å². The molecule has 3 rings (SSSR count). The van der Waals surface area contributed by atoms with Gasteiger partial charge in [-0.1, -0.05) is 13.8 Å². The molecule has 1 aromatic carbocycles. The molecule has 0 fully saturated rings. The molecule has 0 unspecified atom stereocenters. The minimum absolute atomic E-state index is 0.0613. The molecular weight excluding hydrogens is 340 g/mol. The van der Waals surface area contributed by atoms with Gasteiger partial charge in [-0.05, 0) is 38.3 Å². The minimum atomic E-state index is -0.824.